The molecule has 2 heterocycles. The van der Waals surface area contributed by atoms with Gasteiger partial charge in [0.05, 0.1) is 6.54 Å². The average Bonchev–Trinajstić information content (AvgIpc) is 2.35. The summed E-state index contributed by atoms with van der Waals surface area (Å²) in [5.41, 5.74) is 2.08. The predicted octanol–water partition coefficient (Wildman–Crippen LogP) is -0.861. The Morgan fingerprint density at radius 2 is 1.65 bits per heavy atom. The molecule has 2 aliphatic heterocycles. The monoisotopic (exact) mass is 280 g/mol. The van der Waals surface area contributed by atoms with Crippen molar-refractivity contribution in [1.29, 1.82) is 0 Å². The van der Waals surface area contributed by atoms with E-state index >= 15 is 0 Å². The number of piperazine rings is 1. The topological polar surface area (TPSA) is 55.9 Å². The van der Waals surface area contributed by atoms with Gasteiger partial charge in [-0.3, -0.25) is 9.59 Å². The van der Waals surface area contributed by atoms with Crippen molar-refractivity contribution in [3.05, 3.63) is 11.1 Å². The lowest BCUT2D eigenvalue weighted by molar-refractivity contribution is -0.138. The minimum Gasteiger partial charge on any atom is -0.338 e. The van der Waals surface area contributed by atoms with Crippen LogP contribution in [-0.2, 0) is 9.59 Å². The molecule has 0 atom stereocenters. The lowest BCUT2D eigenvalue weighted by Gasteiger charge is -2.36. The third-order valence-corrected chi connectivity index (χ3v) is 3.90. The minimum atomic E-state index is 0.126. The van der Waals surface area contributed by atoms with Gasteiger partial charge in [-0.1, -0.05) is 0 Å². The molecule has 0 spiro atoms. The Bertz CT molecular complexity index is 417. The van der Waals surface area contributed by atoms with Gasteiger partial charge in [0.15, 0.2) is 0 Å². The van der Waals surface area contributed by atoms with Gasteiger partial charge in [0, 0.05) is 44.8 Å². The predicted molar refractivity (Wildman–Crippen MR) is 77.3 cm³/mol. The van der Waals surface area contributed by atoms with Crippen molar-refractivity contribution in [2.24, 2.45) is 0 Å². The summed E-state index contributed by atoms with van der Waals surface area (Å²) < 4.78 is 0. The van der Waals surface area contributed by atoms with Crippen molar-refractivity contribution in [2.45, 2.75) is 6.92 Å². The molecular formula is C14H24N4O2. The van der Waals surface area contributed by atoms with E-state index in [4.69, 9.17) is 0 Å². The third-order valence-electron chi connectivity index (χ3n) is 3.90. The van der Waals surface area contributed by atoms with Gasteiger partial charge in [-0.15, -0.1) is 0 Å². The number of carbonyl (C=O) groups is 2. The lowest BCUT2D eigenvalue weighted by atomic mass is 10.0. The van der Waals surface area contributed by atoms with Gasteiger partial charge in [0.1, 0.15) is 0 Å². The fraction of sp³-hybridized carbons (Fsp3) is 0.714. The average molecular weight is 280 g/mol. The molecule has 0 aromatic carbocycles. The van der Waals surface area contributed by atoms with Crippen LogP contribution in [0.25, 0.3) is 0 Å². The first-order valence-electron chi connectivity index (χ1n) is 7.10. The van der Waals surface area contributed by atoms with Crippen LogP contribution >= 0.6 is 0 Å². The van der Waals surface area contributed by atoms with Crippen LogP contribution in [0.15, 0.2) is 11.1 Å². The molecule has 0 unspecified atom stereocenters. The fourth-order valence-corrected chi connectivity index (χ4v) is 2.43. The van der Waals surface area contributed by atoms with Crippen LogP contribution in [0.4, 0.5) is 0 Å². The van der Waals surface area contributed by atoms with Crippen molar-refractivity contribution in [2.75, 3.05) is 59.9 Å². The molecule has 2 saturated heterocycles. The van der Waals surface area contributed by atoms with E-state index in [0.29, 0.717) is 32.7 Å². The molecule has 112 valence electrons. The molecule has 0 aromatic rings. The summed E-state index contributed by atoms with van der Waals surface area (Å²) in [6.07, 6.45) is 0. The summed E-state index contributed by atoms with van der Waals surface area (Å²) in [6.45, 7) is 6.55. The summed E-state index contributed by atoms with van der Waals surface area (Å²) in [5, 5.41) is 3.15. The normalized spacial score (nSPS) is 19.1. The van der Waals surface area contributed by atoms with E-state index in [0.717, 1.165) is 18.7 Å². The standard InChI is InChI=1S/C14H24N4O2/c1-11(12-8-15-9-12)14(20)18-6-4-17(5-7-18)13(19)10-16(2)3/h15H,4-10H2,1-3H3. The molecule has 2 rings (SSSR count). The first-order valence-corrected chi connectivity index (χ1v) is 7.10. The van der Waals surface area contributed by atoms with Crippen molar-refractivity contribution in [3.63, 3.8) is 0 Å². The van der Waals surface area contributed by atoms with Crippen molar-refractivity contribution < 1.29 is 9.59 Å². The highest BCUT2D eigenvalue weighted by Gasteiger charge is 2.26. The van der Waals surface area contributed by atoms with E-state index in [2.05, 4.69) is 5.32 Å². The number of carbonyl (C=O) groups excluding carboxylic acids is 2. The van der Waals surface area contributed by atoms with Gasteiger partial charge in [-0.2, -0.15) is 0 Å². The second-order valence-corrected chi connectivity index (χ2v) is 5.74. The molecule has 0 saturated carbocycles. The summed E-state index contributed by atoms with van der Waals surface area (Å²) in [4.78, 5) is 29.8. The molecule has 2 amide bonds. The van der Waals surface area contributed by atoms with Gasteiger partial charge in [0.2, 0.25) is 11.8 Å². The Balaban J connectivity index is 1.85. The molecule has 2 aliphatic rings. The second kappa shape index (κ2) is 6.37. The van der Waals surface area contributed by atoms with Crippen LogP contribution in [0.5, 0.6) is 0 Å². The Morgan fingerprint density at radius 1 is 1.10 bits per heavy atom. The molecule has 20 heavy (non-hydrogen) atoms. The highest BCUT2D eigenvalue weighted by Crippen LogP contribution is 2.13. The van der Waals surface area contributed by atoms with E-state index in [1.54, 1.807) is 0 Å². The number of amides is 2. The summed E-state index contributed by atoms with van der Waals surface area (Å²) >= 11 is 0. The van der Waals surface area contributed by atoms with Crippen molar-refractivity contribution >= 4 is 11.8 Å². The van der Waals surface area contributed by atoms with E-state index in [-0.39, 0.29) is 11.8 Å². The van der Waals surface area contributed by atoms with Gasteiger partial charge in [-0.05, 0) is 26.6 Å². The largest absolute Gasteiger partial charge is 0.338 e. The van der Waals surface area contributed by atoms with Crippen LogP contribution in [0.1, 0.15) is 6.92 Å². The number of rotatable bonds is 3. The van der Waals surface area contributed by atoms with Crippen LogP contribution < -0.4 is 5.32 Å². The highest BCUT2D eigenvalue weighted by atomic mass is 16.2. The SMILES string of the molecule is CC(C(=O)N1CCN(C(=O)CN(C)C)CC1)=C1CNC1. The molecule has 0 aromatic heterocycles. The zero-order chi connectivity index (χ0) is 14.7. The van der Waals surface area contributed by atoms with Gasteiger partial charge in [-0.25, -0.2) is 0 Å². The number of nitrogens with zero attached hydrogens (tertiary/aromatic N) is 3. The van der Waals surface area contributed by atoms with E-state index in [1.807, 2.05) is 35.7 Å². The maximum Gasteiger partial charge on any atom is 0.249 e. The first-order chi connectivity index (χ1) is 9.49. The smallest absolute Gasteiger partial charge is 0.249 e. The van der Waals surface area contributed by atoms with Crippen LogP contribution in [-0.4, -0.2) is 86.4 Å². The summed E-state index contributed by atoms with van der Waals surface area (Å²) in [6, 6.07) is 0. The van der Waals surface area contributed by atoms with E-state index < -0.39 is 0 Å². The van der Waals surface area contributed by atoms with Crippen LogP contribution in [0.2, 0.25) is 0 Å². The van der Waals surface area contributed by atoms with Gasteiger partial charge in [0.25, 0.3) is 0 Å². The molecule has 2 fully saturated rings. The molecule has 1 N–H and O–H groups in total. The Morgan fingerprint density at radius 3 is 2.10 bits per heavy atom. The minimum absolute atomic E-state index is 0.126. The highest BCUT2D eigenvalue weighted by molar-refractivity contribution is 5.94. The quantitative estimate of drug-likeness (QED) is 0.684. The number of likely N-dealkylation sites (N-methyl/N-ethyl adjacent to an activating group) is 1. The van der Waals surface area contributed by atoms with Crippen molar-refractivity contribution in [1.82, 2.24) is 20.0 Å². The summed E-state index contributed by atoms with van der Waals surface area (Å²) in [5.74, 6) is 0.265. The fourth-order valence-electron chi connectivity index (χ4n) is 2.43. The number of nitrogens with one attached hydrogen (secondary N) is 1. The Kier molecular flexibility index (Phi) is 4.77. The zero-order valence-corrected chi connectivity index (χ0v) is 12.6. The van der Waals surface area contributed by atoms with Crippen LogP contribution in [0, 0.1) is 0 Å². The first kappa shape index (κ1) is 15.0. The third kappa shape index (κ3) is 3.37. The second-order valence-electron chi connectivity index (χ2n) is 5.74. The van der Waals surface area contributed by atoms with Crippen LogP contribution in [0.3, 0.4) is 0 Å². The maximum absolute atomic E-state index is 12.3. The molecular weight excluding hydrogens is 256 g/mol. The molecule has 6 nitrogen and oxygen atoms in total. The van der Waals surface area contributed by atoms with E-state index in [9.17, 15) is 9.59 Å². The number of hydrogen-bond acceptors (Lipinski definition) is 4. The van der Waals surface area contributed by atoms with Gasteiger partial charge < -0.3 is 20.0 Å². The van der Waals surface area contributed by atoms with Gasteiger partial charge >= 0.3 is 0 Å². The molecule has 0 bridgehead atoms. The zero-order valence-electron chi connectivity index (χ0n) is 12.6. The molecule has 0 aliphatic carbocycles. The lowest BCUT2D eigenvalue weighted by Crippen LogP contribution is -2.52. The maximum atomic E-state index is 12.3. The van der Waals surface area contributed by atoms with Crippen molar-refractivity contribution in [3.8, 4) is 0 Å². The van der Waals surface area contributed by atoms with E-state index in [1.165, 1.54) is 5.57 Å². The Labute approximate surface area is 120 Å². The molecule has 6 heteroatoms. The molecule has 0 radical (unpaired) electrons. The summed E-state index contributed by atoms with van der Waals surface area (Å²) in [7, 11) is 3.78. The number of hydrogen-bond donors (Lipinski definition) is 1. The Hall–Kier alpha value is -1.40.